The van der Waals surface area contributed by atoms with E-state index < -0.39 is 5.97 Å². The van der Waals surface area contributed by atoms with Crippen LogP contribution in [0.15, 0.2) is 18.2 Å². The number of hydrogen-bond donors (Lipinski definition) is 2. The highest BCUT2D eigenvalue weighted by atomic mass is 19.1. The van der Waals surface area contributed by atoms with E-state index >= 15 is 0 Å². The number of H-pyrrole nitrogens is 1. The van der Waals surface area contributed by atoms with Gasteiger partial charge < -0.3 is 10.1 Å². The molecule has 1 saturated carbocycles. The van der Waals surface area contributed by atoms with Gasteiger partial charge in [-0.15, -0.1) is 0 Å². The molecule has 0 bridgehead atoms. The third-order valence-electron chi connectivity index (χ3n) is 2.92. The molecule has 1 heterocycles. The monoisotopic (exact) mass is 220 g/mol. The summed E-state index contributed by atoms with van der Waals surface area (Å²) in [6, 6.07) is 4.29. The van der Waals surface area contributed by atoms with Crippen LogP contribution in [0.2, 0.25) is 0 Å². The van der Waals surface area contributed by atoms with Crippen molar-refractivity contribution < 1.29 is 14.3 Å². The lowest BCUT2D eigenvalue weighted by atomic mass is 10.3. The van der Waals surface area contributed by atoms with E-state index in [1.54, 1.807) is 6.07 Å². The number of imidazole rings is 1. The highest BCUT2D eigenvalue weighted by molar-refractivity contribution is 5.77. The molecule has 0 unspecified atom stereocenters. The predicted molar refractivity (Wildman–Crippen MR) is 54.5 cm³/mol. The third kappa shape index (κ3) is 1.36. The fraction of sp³-hybridized carbons (Fsp3) is 0.273. The summed E-state index contributed by atoms with van der Waals surface area (Å²) in [6.07, 6.45) is 0.609. The Balaban J connectivity index is 1.98. The quantitative estimate of drug-likeness (QED) is 0.812. The second-order valence-corrected chi connectivity index (χ2v) is 4.07. The maximum absolute atomic E-state index is 12.9. The molecule has 1 fully saturated rings. The number of halogens is 1. The smallest absolute Gasteiger partial charge is 0.307 e. The van der Waals surface area contributed by atoms with Crippen molar-refractivity contribution in [2.24, 2.45) is 5.92 Å². The zero-order valence-electron chi connectivity index (χ0n) is 8.27. The topological polar surface area (TPSA) is 66.0 Å². The molecule has 0 radical (unpaired) electrons. The third-order valence-corrected chi connectivity index (χ3v) is 2.92. The van der Waals surface area contributed by atoms with Crippen LogP contribution in [0.5, 0.6) is 0 Å². The van der Waals surface area contributed by atoms with Crippen LogP contribution in [-0.4, -0.2) is 21.0 Å². The zero-order valence-corrected chi connectivity index (χ0v) is 8.27. The lowest BCUT2D eigenvalue weighted by Crippen LogP contribution is -1.99. The molecule has 0 spiro atoms. The fourth-order valence-electron chi connectivity index (χ4n) is 1.95. The Morgan fingerprint density at radius 3 is 3.06 bits per heavy atom. The molecule has 2 atom stereocenters. The van der Waals surface area contributed by atoms with Gasteiger partial charge in [-0.1, -0.05) is 0 Å². The van der Waals surface area contributed by atoms with Crippen LogP contribution in [0, 0.1) is 11.7 Å². The summed E-state index contributed by atoms with van der Waals surface area (Å²) in [5.74, 6) is -0.865. The SMILES string of the molecule is O=C(O)[C@H]1C[C@@H]1c1nc2ccc(F)cc2[nH]1. The van der Waals surface area contributed by atoms with E-state index in [0.717, 1.165) is 0 Å². The average molecular weight is 220 g/mol. The van der Waals surface area contributed by atoms with Gasteiger partial charge in [0.1, 0.15) is 11.6 Å². The summed E-state index contributed by atoms with van der Waals surface area (Å²) in [4.78, 5) is 17.9. The van der Waals surface area contributed by atoms with Gasteiger partial charge in [-0.25, -0.2) is 9.37 Å². The normalized spacial score (nSPS) is 23.6. The maximum Gasteiger partial charge on any atom is 0.307 e. The molecule has 2 aromatic rings. The molecule has 0 aliphatic heterocycles. The number of aromatic nitrogens is 2. The first-order valence-electron chi connectivity index (χ1n) is 5.03. The standard InChI is InChI=1S/C11H9FN2O2/c12-5-1-2-8-9(3-5)14-10(13-8)6-4-7(6)11(15)16/h1-3,6-7H,4H2,(H,13,14)(H,15,16)/t6-,7-/m0/s1. The molecule has 0 amide bonds. The van der Waals surface area contributed by atoms with Crippen molar-refractivity contribution in [1.29, 1.82) is 0 Å². The Labute approximate surface area is 90.1 Å². The first-order chi connectivity index (χ1) is 7.65. The van der Waals surface area contributed by atoms with Crippen molar-refractivity contribution in [1.82, 2.24) is 9.97 Å². The van der Waals surface area contributed by atoms with Gasteiger partial charge in [0.2, 0.25) is 0 Å². The molecule has 1 aliphatic carbocycles. The van der Waals surface area contributed by atoms with E-state index in [-0.39, 0.29) is 17.7 Å². The number of fused-ring (bicyclic) bond motifs is 1. The lowest BCUT2D eigenvalue weighted by molar-refractivity contribution is -0.138. The number of carboxylic acid groups (broad SMARTS) is 1. The summed E-state index contributed by atoms with van der Waals surface area (Å²) >= 11 is 0. The number of nitrogens with one attached hydrogen (secondary N) is 1. The number of benzene rings is 1. The van der Waals surface area contributed by atoms with E-state index in [1.807, 2.05) is 0 Å². The van der Waals surface area contributed by atoms with Gasteiger partial charge in [0.25, 0.3) is 0 Å². The van der Waals surface area contributed by atoms with Crippen molar-refractivity contribution in [2.45, 2.75) is 12.3 Å². The minimum absolute atomic E-state index is 0.0482. The van der Waals surface area contributed by atoms with Gasteiger partial charge in [-0.3, -0.25) is 4.79 Å². The molecular formula is C11H9FN2O2. The Kier molecular flexibility index (Phi) is 1.77. The van der Waals surface area contributed by atoms with E-state index in [1.165, 1.54) is 12.1 Å². The molecule has 16 heavy (non-hydrogen) atoms. The number of rotatable bonds is 2. The number of carbonyl (C=O) groups is 1. The number of hydrogen-bond acceptors (Lipinski definition) is 2. The Morgan fingerprint density at radius 2 is 2.38 bits per heavy atom. The molecule has 1 aromatic carbocycles. The highest BCUT2D eigenvalue weighted by Gasteiger charge is 2.46. The molecular weight excluding hydrogens is 211 g/mol. The summed E-state index contributed by atoms with van der Waals surface area (Å²) in [5.41, 5.74) is 1.29. The van der Waals surface area contributed by atoms with Gasteiger partial charge in [-0.05, 0) is 24.6 Å². The number of aromatic amines is 1. The van der Waals surface area contributed by atoms with Crippen LogP contribution in [0.3, 0.4) is 0 Å². The van der Waals surface area contributed by atoms with Crippen LogP contribution < -0.4 is 0 Å². The number of carboxylic acids is 1. The average Bonchev–Trinajstić information content (AvgIpc) is 2.93. The Morgan fingerprint density at radius 1 is 1.56 bits per heavy atom. The molecule has 1 aromatic heterocycles. The van der Waals surface area contributed by atoms with Crippen LogP contribution in [0.4, 0.5) is 4.39 Å². The predicted octanol–water partition coefficient (Wildman–Crippen LogP) is 1.89. The van der Waals surface area contributed by atoms with Crippen molar-refractivity contribution in [2.75, 3.05) is 0 Å². The molecule has 1 aliphatic rings. The van der Waals surface area contributed by atoms with Crippen molar-refractivity contribution >= 4 is 17.0 Å². The van der Waals surface area contributed by atoms with E-state index in [9.17, 15) is 9.18 Å². The second-order valence-electron chi connectivity index (χ2n) is 4.07. The Hall–Kier alpha value is -1.91. The van der Waals surface area contributed by atoms with E-state index in [2.05, 4.69) is 9.97 Å². The van der Waals surface area contributed by atoms with Crippen molar-refractivity contribution in [3.05, 3.63) is 29.8 Å². The minimum atomic E-state index is -0.795. The lowest BCUT2D eigenvalue weighted by Gasteiger charge is -1.89. The van der Waals surface area contributed by atoms with Crippen LogP contribution in [0.25, 0.3) is 11.0 Å². The molecule has 2 N–H and O–H groups in total. The molecule has 3 rings (SSSR count). The van der Waals surface area contributed by atoms with Crippen molar-refractivity contribution in [3.63, 3.8) is 0 Å². The second kappa shape index (κ2) is 3.04. The minimum Gasteiger partial charge on any atom is -0.481 e. The maximum atomic E-state index is 12.9. The summed E-state index contributed by atoms with van der Waals surface area (Å²) in [6.45, 7) is 0. The van der Waals surface area contributed by atoms with Crippen LogP contribution in [0.1, 0.15) is 18.2 Å². The molecule has 4 nitrogen and oxygen atoms in total. The molecule has 5 heteroatoms. The van der Waals surface area contributed by atoms with Gasteiger partial charge in [0.15, 0.2) is 0 Å². The first-order valence-corrected chi connectivity index (χ1v) is 5.03. The zero-order chi connectivity index (χ0) is 11.3. The van der Waals surface area contributed by atoms with Gasteiger partial charge in [0.05, 0.1) is 17.0 Å². The Bertz CT molecular complexity index is 578. The van der Waals surface area contributed by atoms with Crippen LogP contribution in [-0.2, 0) is 4.79 Å². The van der Waals surface area contributed by atoms with Gasteiger partial charge >= 0.3 is 5.97 Å². The summed E-state index contributed by atoms with van der Waals surface area (Å²) < 4.78 is 12.9. The van der Waals surface area contributed by atoms with Crippen molar-refractivity contribution in [3.8, 4) is 0 Å². The van der Waals surface area contributed by atoms with Gasteiger partial charge in [-0.2, -0.15) is 0 Å². The van der Waals surface area contributed by atoms with Crippen LogP contribution >= 0.6 is 0 Å². The summed E-state index contributed by atoms with van der Waals surface area (Å²) in [5, 5.41) is 8.80. The highest BCUT2D eigenvalue weighted by Crippen LogP contribution is 2.46. The largest absolute Gasteiger partial charge is 0.481 e. The van der Waals surface area contributed by atoms with E-state index in [0.29, 0.717) is 23.3 Å². The number of nitrogens with zero attached hydrogens (tertiary/aromatic N) is 1. The summed E-state index contributed by atoms with van der Waals surface area (Å²) in [7, 11) is 0. The molecule has 82 valence electrons. The number of aliphatic carboxylic acids is 1. The first kappa shape index (κ1) is 9.33. The van der Waals surface area contributed by atoms with Gasteiger partial charge in [0, 0.05) is 5.92 Å². The van der Waals surface area contributed by atoms with E-state index in [4.69, 9.17) is 5.11 Å². The molecule has 0 saturated heterocycles. The fourth-order valence-corrected chi connectivity index (χ4v) is 1.95.